The SMILES string of the molecule is CC(C)CNC(=O)COC1CC(CN)C1. The van der Waals surface area contributed by atoms with Gasteiger partial charge in [-0.15, -0.1) is 0 Å². The molecule has 4 nitrogen and oxygen atoms in total. The number of ether oxygens (including phenoxy) is 1. The summed E-state index contributed by atoms with van der Waals surface area (Å²) in [5, 5.41) is 2.82. The summed E-state index contributed by atoms with van der Waals surface area (Å²) in [7, 11) is 0. The van der Waals surface area contributed by atoms with E-state index in [4.69, 9.17) is 10.5 Å². The number of hydrogen-bond donors (Lipinski definition) is 2. The fourth-order valence-electron chi connectivity index (χ4n) is 1.57. The number of rotatable bonds is 6. The van der Waals surface area contributed by atoms with Crippen LogP contribution >= 0.6 is 0 Å². The molecule has 1 fully saturated rings. The van der Waals surface area contributed by atoms with E-state index in [1.54, 1.807) is 0 Å². The number of nitrogens with two attached hydrogens (primary N) is 1. The first-order chi connectivity index (χ1) is 7.11. The highest BCUT2D eigenvalue weighted by molar-refractivity contribution is 5.77. The van der Waals surface area contributed by atoms with E-state index >= 15 is 0 Å². The monoisotopic (exact) mass is 214 g/mol. The summed E-state index contributed by atoms with van der Waals surface area (Å²) in [4.78, 5) is 11.3. The molecular weight excluding hydrogens is 192 g/mol. The van der Waals surface area contributed by atoms with Gasteiger partial charge >= 0.3 is 0 Å². The number of hydrogen-bond acceptors (Lipinski definition) is 3. The van der Waals surface area contributed by atoms with Gasteiger partial charge in [0.15, 0.2) is 0 Å². The van der Waals surface area contributed by atoms with Gasteiger partial charge in [0.1, 0.15) is 6.61 Å². The number of carbonyl (C=O) groups is 1. The Kier molecular flexibility index (Phi) is 5.05. The zero-order valence-electron chi connectivity index (χ0n) is 9.66. The molecule has 1 amide bonds. The molecule has 0 atom stereocenters. The van der Waals surface area contributed by atoms with Gasteiger partial charge < -0.3 is 15.8 Å². The standard InChI is InChI=1S/C11H22N2O2/c1-8(2)6-13-11(14)7-15-10-3-9(4-10)5-12/h8-10H,3-7,12H2,1-2H3,(H,13,14). The van der Waals surface area contributed by atoms with E-state index in [-0.39, 0.29) is 18.6 Å². The van der Waals surface area contributed by atoms with Crippen LogP contribution in [0.2, 0.25) is 0 Å². The molecular formula is C11H22N2O2. The van der Waals surface area contributed by atoms with E-state index in [0.29, 0.717) is 11.8 Å². The Morgan fingerprint density at radius 1 is 1.53 bits per heavy atom. The minimum absolute atomic E-state index is 0.0140. The van der Waals surface area contributed by atoms with E-state index in [0.717, 1.165) is 25.9 Å². The maximum atomic E-state index is 11.3. The van der Waals surface area contributed by atoms with Crippen molar-refractivity contribution in [3.05, 3.63) is 0 Å². The van der Waals surface area contributed by atoms with Gasteiger partial charge in [0.2, 0.25) is 5.91 Å². The minimum Gasteiger partial charge on any atom is -0.368 e. The van der Waals surface area contributed by atoms with Crippen LogP contribution in [0.4, 0.5) is 0 Å². The van der Waals surface area contributed by atoms with Crippen molar-refractivity contribution in [3.63, 3.8) is 0 Å². The molecule has 0 heterocycles. The van der Waals surface area contributed by atoms with Gasteiger partial charge in [-0.3, -0.25) is 4.79 Å². The third kappa shape index (κ3) is 4.62. The summed E-state index contributed by atoms with van der Waals surface area (Å²) in [5.41, 5.74) is 5.50. The summed E-state index contributed by atoms with van der Waals surface area (Å²) >= 11 is 0. The zero-order chi connectivity index (χ0) is 11.3. The van der Waals surface area contributed by atoms with Crippen LogP contribution in [-0.2, 0) is 9.53 Å². The Hall–Kier alpha value is -0.610. The summed E-state index contributed by atoms with van der Waals surface area (Å²) in [6.45, 7) is 5.78. The molecule has 1 aliphatic rings. The second-order valence-corrected chi connectivity index (χ2v) is 4.70. The molecule has 0 aromatic rings. The van der Waals surface area contributed by atoms with Crippen LogP contribution in [0.3, 0.4) is 0 Å². The van der Waals surface area contributed by atoms with Crippen LogP contribution in [0.15, 0.2) is 0 Å². The predicted octanol–water partition coefficient (Wildman–Crippen LogP) is 0.513. The quantitative estimate of drug-likeness (QED) is 0.677. The first-order valence-electron chi connectivity index (χ1n) is 5.70. The Morgan fingerprint density at radius 2 is 2.20 bits per heavy atom. The Bertz CT molecular complexity index is 201. The highest BCUT2D eigenvalue weighted by atomic mass is 16.5. The average Bonchev–Trinajstić information content (AvgIpc) is 2.12. The van der Waals surface area contributed by atoms with E-state index in [2.05, 4.69) is 19.2 Å². The molecule has 0 bridgehead atoms. The van der Waals surface area contributed by atoms with Crippen LogP contribution in [0.25, 0.3) is 0 Å². The summed E-state index contributed by atoms with van der Waals surface area (Å²) in [6, 6.07) is 0. The Morgan fingerprint density at radius 3 is 2.73 bits per heavy atom. The lowest BCUT2D eigenvalue weighted by Crippen LogP contribution is -2.39. The smallest absolute Gasteiger partial charge is 0.246 e. The maximum absolute atomic E-state index is 11.3. The molecule has 4 heteroatoms. The van der Waals surface area contributed by atoms with E-state index in [1.807, 2.05) is 0 Å². The Labute approximate surface area is 91.5 Å². The topological polar surface area (TPSA) is 64.3 Å². The third-order valence-electron chi connectivity index (χ3n) is 2.68. The lowest BCUT2D eigenvalue weighted by molar-refractivity contribution is -0.131. The molecule has 0 radical (unpaired) electrons. The number of amides is 1. The number of carbonyl (C=O) groups excluding carboxylic acids is 1. The molecule has 15 heavy (non-hydrogen) atoms. The minimum atomic E-state index is -0.0140. The molecule has 88 valence electrons. The molecule has 1 saturated carbocycles. The van der Waals surface area contributed by atoms with Crippen LogP contribution in [0.1, 0.15) is 26.7 Å². The van der Waals surface area contributed by atoms with Gasteiger partial charge in [0.25, 0.3) is 0 Å². The second-order valence-electron chi connectivity index (χ2n) is 4.70. The normalized spacial score (nSPS) is 25.1. The molecule has 1 rings (SSSR count). The maximum Gasteiger partial charge on any atom is 0.246 e. The average molecular weight is 214 g/mol. The zero-order valence-corrected chi connectivity index (χ0v) is 9.66. The van der Waals surface area contributed by atoms with E-state index in [1.165, 1.54) is 0 Å². The van der Waals surface area contributed by atoms with Gasteiger partial charge in [0, 0.05) is 6.54 Å². The van der Waals surface area contributed by atoms with E-state index in [9.17, 15) is 4.79 Å². The third-order valence-corrected chi connectivity index (χ3v) is 2.68. The summed E-state index contributed by atoms with van der Waals surface area (Å²) < 4.78 is 5.44. The largest absolute Gasteiger partial charge is 0.368 e. The molecule has 0 aromatic heterocycles. The van der Waals surface area contributed by atoms with E-state index < -0.39 is 0 Å². The fourth-order valence-corrected chi connectivity index (χ4v) is 1.57. The van der Waals surface area contributed by atoms with Crippen molar-refractivity contribution in [2.24, 2.45) is 17.6 Å². The van der Waals surface area contributed by atoms with Gasteiger partial charge in [-0.25, -0.2) is 0 Å². The summed E-state index contributed by atoms with van der Waals surface area (Å²) in [6.07, 6.45) is 2.27. The molecule has 0 spiro atoms. The number of nitrogens with one attached hydrogen (secondary N) is 1. The Balaban J connectivity index is 1.98. The van der Waals surface area contributed by atoms with Gasteiger partial charge in [-0.2, -0.15) is 0 Å². The van der Waals surface area contributed by atoms with Gasteiger partial charge in [-0.05, 0) is 31.2 Å². The molecule has 1 aliphatic carbocycles. The van der Waals surface area contributed by atoms with Crippen molar-refractivity contribution in [2.75, 3.05) is 19.7 Å². The molecule has 0 unspecified atom stereocenters. The highest BCUT2D eigenvalue weighted by Crippen LogP contribution is 2.28. The predicted molar refractivity (Wildman–Crippen MR) is 59.4 cm³/mol. The van der Waals surface area contributed by atoms with Gasteiger partial charge in [0.05, 0.1) is 6.10 Å². The second kappa shape index (κ2) is 6.08. The lowest BCUT2D eigenvalue weighted by atomic mass is 9.82. The van der Waals surface area contributed by atoms with Crippen molar-refractivity contribution in [3.8, 4) is 0 Å². The molecule has 0 saturated heterocycles. The fraction of sp³-hybridized carbons (Fsp3) is 0.909. The van der Waals surface area contributed by atoms with Crippen molar-refractivity contribution in [1.29, 1.82) is 0 Å². The molecule has 0 aromatic carbocycles. The highest BCUT2D eigenvalue weighted by Gasteiger charge is 2.28. The van der Waals surface area contributed by atoms with Crippen LogP contribution in [0, 0.1) is 11.8 Å². The summed E-state index contributed by atoms with van der Waals surface area (Å²) in [5.74, 6) is 1.08. The van der Waals surface area contributed by atoms with Gasteiger partial charge in [-0.1, -0.05) is 13.8 Å². The molecule has 0 aliphatic heterocycles. The van der Waals surface area contributed by atoms with Crippen molar-refractivity contribution >= 4 is 5.91 Å². The van der Waals surface area contributed by atoms with Crippen molar-refractivity contribution < 1.29 is 9.53 Å². The first kappa shape index (κ1) is 12.5. The van der Waals surface area contributed by atoms with Crippen LogP contribution in [0.5, 0.6) is 0 Å². The van der Waals surface area contributed by atoms with Crippen LogP contribution < -0.4 is 11.1 Å². The van der Waals surface area contributed by atoms with Crippen LogP contribution in [-0.4, -0.2) is 31.7 Å². The van der Waals surface area contributed by atoms with Crippen molar-refractivity contribution in [1.82, 2.24) is 5.32 Å². The van der Waals surface area contributed by atoms with Crippen molar-refractivity contribution in [2.45, 2.75) is 32.8 Å². The molecule has 3 N–H and O–H groups in total. The lowest BCUT2D eigenvalue weighted by Gasteiger charge is -2.33. The first-order valence-corrected chi connectivity index (χ1v) is 5.70.